The van der Waals surface area contributed by atoms with Crippen LogP contribution in [0.25, 0.3) is 0 Å². The highest BCUT2D eigenvalue weighted by molar-refractivity contribution is 5.94. The predicted molar refractivity (Wildman–Crippen MR) is 103 cm³/mol. The molecule has 1 atom stereocenters. The highest BCUT2D eigenvalue weighted by atomic mass is 16.5. The van der Waals surface area contributed by atoms with Crippen molar-refractivity contribution in [1.29, 1.82) is 0 Å². The molecular weight excluding hydrogens is 326 g/mol. The Bertz CT molecular complexity index is 584. The van der Waals surface area contributed by atoms with Gasteiger partial charge in [-0.2, -0.15) is 0 Å². The van der Waals surface area contributed by atoms with Crippen molar-refractivity contribution in [3.8, 4) is 0 Å². The molecule has 0 radical (unpaired) electrons. The maximum atomic E-state index is 12.8. The minimum absolute atomic E-state index is 0.185. The molecule has 0 aromatic heterocycles. The minimum Gasteiger partial charge on any atom is -0.381 e. The van der Waals surface area contributed by atoms with Crippen LogP contribution in [-0.4, -0.2) is 74.2 Å². The number of piperazine rings is 1. The summed E-state index contributed by atoms with van der Waals surface area (Å²) in [6.45, 7) is 7.60. The number of nitrogens with one attached hydrogen (secondary N) is 1. The normalized spacial score (nSPS) is 26.0. The summed E-state index contributed by atoms with van der Waals surface area (Å²) in [6.07, 6.45) is 4.74. The van der Waals surface area contributed by atoms with Gasteiger partial charge < -0.3 is 15.0 Å². The van der Waals surface area contributed by atoms with E-state index in [1.165, 1.54) is 18.4 Å². The van der Waals surface area contributed by atoms with Crippen molar-refractivity contribution >= 4 is 5.91 Å². The van der Waals surface area contributed by atoms with Gasteiger partial charge in [0.15, 0.2) is 0 Å². The summed E-state index contributed by atoms with van der Waals surface area (Å²) < 4.78 is 5.47. The number of hydrogen-bond donors (Lipinski definition) is 1. The number of ether oxygens (including phenoxy) is 1. The molecule has 3 aliphatic rings. The molecular formula is C21H31N3O2. The van der Waals surface area contributed by atoms with Crippen molar-refractivity contribution in [2.75, 3.05) is 52.5 Å². The zero-order chi connectivity index (χ0) is 17.8. The van der Waals surface area contributed by atoms with Crippen LogP contribution in [-0.2, 0) is 4.74 Å². The van der Waals surface area contributed by atoms with Gasteiger partial charge in [0.1, 0.15) is 0 Å². The van der Waals surface area contributed by atoms with Crippen molar-refractivity contribution in [2.45, 2.75) is 37.6 Å². The zero-order valence-electron chi connectivity index (χ0n) is 15.7. The Morgan fingerprint density at radius 3 is 2.38 bits per heavy atom. The fourth-order valence-electron chi connectivity index (χ4n) is 4.56. The zero-order valence-corrected chi connectivity index (χ0v) is 15.7. The lowest BCUT2D eigenvalue weighted by Gasteiger charge is -2.40. The van der Waals surface area contributed by atoms with Crippen molar-refractivity contribution < 1.29 is 9.53 Å². The predicted octanol–water partition coefficient (Wildman–Crippen LogP) is 2.09. The molecule has 0 bridgehead atoms. The highest BCUT2D eigenvalue weighted by Crippen LogP contribution is 2.24. The summed E-state index contributed by atoms with van der Waals surface area (Å²) in [5.41, 5.74) is 2.19. The fraction of sp³-hybridized carbons (Fsp3) is 0.667. The average molecular weight is 357 g/mol. The molecule has 0 saturated carbocycles. The van der Waals surface area contributed by atoms with Gasteiger partial charge in [-0.3, -0.25) is 9.69 Å². The molecule has 1 aromatic carbocycles. The Hall–Kier alpha value is -1.43. The Morgan fingerprint density at radius 2 is 1.73 bits per heavy atom. The van der Waals surface area contributed by atoms with Crippen LogP contribution < -0.4 is 5.32 Å². The Morgan fingerprint density at radius 1 is 1.00 bits per heavy atom. The van der Waals surface area contributed by atoms with Crippen LogP contribution in [0.2, 0.25) is 0 Å². The van der Waals surface area contributed by atoms with Crippen molar-refractivity contribution in [3.05, 3.63) is 35.4 Å². The van der Waals surface area contributed by atoms with Crippen LogP contribution in [0.1, 0.15) is 47.5 Å². The summed E-state index contributed by atoms with van der Waals surface area (Å²) in [5.74, 6) is 0.779. The third-order valence-electron chi connectivity index (χ3n) is 6.23. The van der Waals surface area contributed by atoms with Gasteiger partial charge in [0.25, 0.3) is 5.91 Å². The molecule has 5 heteroatoms. The summed E-state index contributed by atoms with van der Waals surface area (Å²) in [4.78, 5) is 17.4. The molecule has 1 aromatic rings. The van der Waals surface area contributed by atoms with E-state index in [1.54, 1.807) is 0 Å². The summed E-state index contributed by atoms with van der Waals surface area (Å²) in [7, 11) is 0. The van der Waals surface area contributed by atoms with Crippen molar-refractivity contribution in [2.24, 2.45) is 0 Å². The van der Waals surface area contributed by atoms with Crippen LogP contribution in [0.15, 0.2) is 24.3 Å². The van der Waals surface area contributed by atoms with E-state index in [-0.39, 0.29) is 5.91 Å². The van der Waals surface area contributed by atoms with E-state index in [1.807, 2.05) is 17.0 Å². The third kappa shape index (κ3) is 4.11. The molecule has 1 amide bonds. The number of nitrogens with zero attached hydrogens (tertiary/aromatic N) is 2. The molecule has 0 unspecified atom stereocenters. The summed E-state index contributed by atoms with van der Waals surface area (Å²) in [5, 5.41) is 3.47. The molecule has 4 rings (SSSR count). The lowest BCUT2D eigenvalue weighted by molar-refractivity contribution is 0.0137. The molecule has 3 saturated heterocycles. The van der Waals surface area contributed by atoms with E-state index in [4.69, 9.17) is 4.74 Å². The van der Waals surface area contributed by atoms with Gasteiger partial charge in [-0.25, -0.2) is 0 Å². The second kappa shape index (κ2) is 8.51. The number of carbonyl (C=O) groups is 1. The number of rotatable bonds is 3. The number of hydrogen-bond acceptors (Lipinski definition) is 4. The first-order valence-corrected chi connectivity index (χ1v) is 10.2. The molecule has 3 aliphatic heterocycles. The fourth-order valence-corrected chi connectivity index (χ4v) is 4.56. The molecule has 26 heavy (non-hydrogen) atoms. The number of piperidine rings is 1. The lowest BCUT2D eigenvalue weighted by atomic mass is 9.91. The van der Waals surface area contributed by atoms with Gasteiger partial charge >= 0.3 is 0 Å². The summed E-state index contributed by atoms with van der Waals surface area (Å²) in [6, 6.07) is 9.00. The molecule has 0 aliphatic carbocycles. The van der Waals surface area contributed by atoms with Gasteiger partial charge in [0.2, 0.25) is 0 Å². The van der Waals surface area contributed by atoms with Crippen LogP contribution in [0.4, 0.5) is 0 Å². The minimum atomic E-state index is 0.185. The van der Waals surface area contributed by atoms with Crippen LogP contribution in [0.3, 0.4) is 0 Å². The van der Waals surface area contributed by atoms with E-state index in [2.05, 4.69) is 22.3 Å². The van der Waals surface area contributed by atoms with E-state index in [0.717, 1.165) is 70.9 Å². The van der Waals surface area contributed by atoms with Gasteiger partial charge in [-0.05, 0) is 55.8 Å². The Kier molecular flexibility index (Phi) is 5.88. The van der Waals surface area contributed by atoms with E-state index < -0.39 is 0 Å². The van der Waals surface area contributed by atoms with Crippen molar-refractivity contribution in [1.82, 2.24) is 15.1 Å². The maximum Gasteiger partial charge on any atom is 0.253 e. The van der Waals surface area contributed by atoms with Crippen LogP contribution in [0.5, 0.6) is 0 Å². The van der Waals surface area contributed by atoms with E-state index in [9.17, 15) is 4.79 Å². The maximum absolute atomic E-state index is 12.8. The third-order valence-corrected chi connectivity index (χ3v) is 6.23. The highest BCUT2D eigenvalue weighted by Gasteiger charge is 2.27. The second-order valence-electron chi connectivity index (χ2n) is 7.84. The SMILES string of the molecule is O=C(c1ccc([C@@H]2CCCNC2)cc1)N1CCN(C2CCOCC2)CC1. The van der Waals surface area contributed by atoms with Crippen molar-refractivity contribution in [3.63, 3.8) is 0 Å². The molecule has 0 spiro atoms. The first-order chi connectivity index (χ1) is 12.8. The number of amides is 1. The first-order valence-electron chi connectivity index (χ1n) is 10.2. The van der Waals surface area contributed by atoms with Gasteiger partial charge in [-0.1, -0.05) is 12.1 Å². The number of carbonyl (C=O) groups excluding carboxylic acids is 1. The van der Waals surface area contributed by atoms with Crippen LogP contribution in [0, 0.1) is 0 Å². The quantitative estimate of drug-likeness (QED) is 0.900. The first kappa shape index (κ1) is 18.0. The average Bonchev–Trinajstić information content (AvgIpc) is 2.75. The van der Waals surface area contributed by atoms with Gasteiger partial charge in [0, 0.05) is 57.5 Å². The Labute approximate surface area is 156 Å². The smallest absolute Gasteiger partial charge is 0.253 e. The molecule has 5 nitrogen and oxygen atoms in total. The standard InChI is InChI=1S/C21H31N3O2/c25-21(18-5-3-17(4-6-18)19-2-1-9-22-16-19)24-12-10-23(11-13-24)20-7-14-26-15-8-20/h3-6,19-20,22H,1-2,7-16H2/t19-/m1/s1. The topological polar surface area (TPSA) is 44.8 Å². The molecule has 1 N–H and O–H groups in total. The lowest BCUT2D eigenvalue weighted by Crippen LogP contribution is -2.53. The Balaban J connectivity index is 1.31. The molecule has 3 fully saturated rings. The summed E-state index contributed by atoms with van der Waals surface area (Å²) >= 11 is 0. The molecule has 142 valence electrons. The van der Waals surface area contributed by atoms with E-state index >= 15 is 0 Å². The molecule has 3 heterocycles. The van der Waals surface area contributed by atoms with Crippen LogP contribution >= 0.6 is 0 Å². The second-order valence-corrected chi connectivity index (χ2v) is 7.84. The van der Waals surface area contributed by atoms with E-state index in [0.29, 0.717) is 12.0 Å². The number of benzene rings is 1. The van der Waals surface area contributed by atoms with Gasteiger partial charge in [-0.15, -0.1) is 0 Å². The largest absolute Gasteiger partial charge is 0.381 e. The monoisotopic (exact) mass is 357 g/mol. The van der Waals surface area contributed by atoms with Gasteiger partial charge in [0.05, 0.1) is 0 Å².